The van der Waals surface area contributed by atoms with Crippen molar-refractivity contribution in [3.8, 4) is 11.3 Å². The zero-order chi connectivity index (χ0) is 21.5. The van der Waals surface area contributed by atoms with Crippen molar-refractivity contribution in [3.05, 3.63) is 77.6 Å². The smallest absolute Gasteiger partial charge is 0.251 e. The summed E-state index contributed by atoms with van der Waals surface area (Å²) < 4.78 is 5.41. The number of carbonyl (C=O) groups excluding carboxylic acids is 2. The summed E-state index contributed by atoms with van der Waals surface area (Å²) >= 11 is 0. The summed E-state index contributed by atoms with van der Waals surface area (Å²) in [5, 5.41) is 6.89. The minimum atomic E-state index is -0.599. The van der Waals surface area contributed by atoms with Crippen LogP contribution in [-0.2, 0) is 11.2 Å². The Labute approximate surface area is 176 Å². The molecule has 1 unspecified atom stereocenters. The van der Waals surface area contributed by atoms with Crippen molar-refractivity contribution in [1.29, 1.82) is 0 Å². The third-order valence-electron chi connectivity index (χ3n) is 4.92. The molecule has 0 spiro atoms. The molecule has 0 aliphatic rings. The second-order valence-electron chi connectivity index (χ2n) is 7.47. The van der Waals surface area contributed by atoms with Gasteiger partial charge in [-0.2, -0.15) is 0 Å². The molecule has 0 bridgehead atoms. The lowest BCUT2D eigenvalue weighted by Crippen LogP contribution is -2.45. The lowest BCUT2D eigenvalue weighted by atomic mass is 10.1. The van der Waals surface area contributed by atoms with E-state index in [1.54, 1.807) is 31.0 Å². The van der Waals surface area contributed by atoms with E-state index in [9.17, 15) is 9.59 Å². The predicted molar refractivity (Wildman–Crippen MR) is 116 cm³/mol. The molecular formula is C24H27N3O3. The Morgan fingerprint density at radius 1 is 1.10 bits per heavy atom. The quantitative estimate of drug-likeness (QED) is 0.617. The minimum Gasteiger partial charge on any atom is -0.361 e. The number of rotatable bonds is 8. The van der Waals surface area contributed by atoms with Crippen molar-refractivity contribution in [2.75, 3.05) is 13.6 Å². The summed E-state index contributed by atoms with van der Waals surface area (Å²) in [5.41, 5.74) is 3.37. The summed E-state index contributed by atoms with van der Waals surface area (Å²) in [6.45, 7) is 4.19. The van der Waals surface area contributed by atoms with Crippen LogP contribution in [-0.4, -0.2) is 41.5 Å². The van der Waals surface area contributed by atoms with E-state index in [0.29, 0.717) is 18.5 Å². The molecule has 6 heteroatoms. The normalized spacial score (nSPS) is 11.7. The second-order valence-corrected chi connectivity index (χ2v) is 7.47. The molecule has 1 aromatic heterocycles. The van der Waals surface area contributed by atoms with Gasteiger partial charge >= 0.3 is 0 Å². The fraction of sp³-hybridized carbons (Fsp3) is 0.292. The molecule has 2 aromatic carbocycles. The van der Waals surface area contributed by atoms with Crippen LogP contribution in [0.5, 0.6) is 0 Å². The maximum absolute atomic E-state index is 12.6. The van der Waals surface area contributed by atoms with Gasteiger partial charge in [0, 0.05) is 37.2 Å². The number of nitrogens with one attached hydrogen (secondary N) is 1. The Balaban J connectivity index is 1.46. The van der Waals surface area contributed by atoms with E-state index in [1.165, 1.54) is 0 Å². The first-order valence-electron chi connectivity index (χ1n) is 10.1. The van der Waals surface area contributed by atoms with Gasteiger partial charge in [-0.15, -0.1) is 0 Å². The van der Waals surface area contributed by atoms with E-state index in [-0.39, 0.29) is 11.8 Å². The maximum atomic E-state index is 12.6. The number of nitrogens with zero attached hydrogens (tertiary/aromatic N) is 2. The van der Waals surface area contributed by atoms with Gasteiger partial charge in [-0.3, -0.25) is 9.59 Å². The number of hydrogen-bond donors (Lipinski definition) is 1. The van der Waals surface area contributed by atoms with Crippen LogP contribution in [0.4, 0.5) is 0 Å². The maximum Gasteiger partial charge on any atom is 0.251 e. The average molecular weight is 405 g/mol. The van der Waals surface area contributed by atoms with Crippen molar-refractivity contribution >= 4 is 11.8 Å². The lowest BCUT2D eigenvalue weighted by Gasteiger charge is -2.22. The molecule has 0 aliphatic carbocycles. The van der Waals surface area contributed by atoms with Crippen LogP contribution >= 0.6 is 0 Å². The van der Waals surface area contributed by atoms with Crippen molar-refractivity contribution in [2.24, 2.45) is 0 Å². The van der Waals surface area contributed by atoms with E-state index in [4.69, 9.17) is 4.52 Å². The third-order valence-corrected chi connectivity index (χ3v) is 4.92. The van der Waals surface area contributed by atoms with Crippen LogP contribution in [0.15, 0.2) is 65.2 Å². The Kier molecular flexibility index (Phi) is 7.01. The largest absolute Gasteiger partial charge is 0.361 e. The third kappa shape index (κ3) is 5.56. The fourth-order valence-electron chi connectivity index (χ4n) is 3.24. The highest BCUT2D eigenvalue weighted by atomic mass is 16.5. The average Bonchev–Trinajstić information content (AvgIpc) is 3.22. The number of carbonyl (C=O) groups is 2. The Morgan fingerprint density at radius 2 is 1.87 bits per heavy atom. The molecule has 0 fully saturated rings. The molecule has 1 N–H and O–H groups in total. The molecule has 3 aromatic rings. The van der Waals surface area contributed by atoms with Gasteiger partial charge in [0.15, 0.2) is 0 Å². The first kappa shape index (κ1) is 21.3. The van der Waals surface area contributed by atoms with Crippen molar-refractivity contribution in [1.82, 2.24) is 15.4 Å². The summed E-state index contributed by atoms with van der Waals surface area (Å²) in [6.07, 6.45) is 1.42. The second kappa shape index (κ2) is 9.87. The molecule has 0 saturated heterocycles. The van der Waals surface area contributed by atoms with Crippen LogP contribution < -0.4 is 5.32 Å². The zero-order valence-electron chi connectivity index (χ0n) is 17.6. The highest BCUT2D eigenvalue weighted by Crippen LogP contribution is 2.19. The van der Waals surface area contributed by atoms with Gasteiger partial charge < -0.3 is 14.7 Å². The molecule has 2 amide bonds. The van der Waals surface area contributed by atoms with E-state index >= 15 is 0 Å². The van der Waals surface area contributed by atoms with Gasteiger partial charge in [-0.1, -0.05) is 53.2 Å². The summed E-state index contributed by atoms with van der Waals surface area (Å²) in [5.74, 6) is 0.414. The standard InChI is InChI=1S/C24H27N3O3/c1-17-9-7-12-20(15-17)23(28)25-18(2)24(29)27(3)14-8-13-21-16-22(26-30-21)19-10-5-4-6-11-19/h4-7,9-12,15-16,18H,8,13-14H2,1-3H3,(H,25,28). The number of hydrogen-bond acceptors (Lipinski definition) is 4. The van der Waals surface area contributed by atoms with Gasteiger partial charge in [0.05, 0.1) is 0 Å². The molecule has 0 radical (unpaired) electrons. The van der Waals surface area contributed by atoms with Crippen LogP contribution in [0.2, 0.25) is 0 Å². The van der Waals surface area contributed by atoms with E-state index in [2.05, 4.69) is 10.5 Å². The number of benzene rings is 2. The monoisotopic (exact) mass is 405 g/mol. The summed E-state index contributed by atoms with van der Waals surface area (Å²) in [6, 6.07) is 18.5. The number of likely N-dealkylation sites (N-methyl/N-ethyl adjacent to an activating group) is 1. The van der Waals surface area contributed by atoms with E-state index in [0.717, 1.165) is 29.0 Å². The van der Waals surface area contributed by atoms with Crippen molar-refractivity contribution < 1.29 is 14.1 Å². The lowest BCUT2D eigenvalue weighted by molar-refractivity contribution is -0.131. The van der Waals surface area contributed by atoms with Gasteiger partial charge in [0.25, 0.3) is 5.91 Å². The van der Waals surface area contributed by atoms with E-state index < -0.39 is 6.04 Å². The molecule has 0 saturated carbocycles. The Morgan fingerprint density at radius 3 is 2.60 bits per heavy atom. The summed E-state index contributed by atoms with van der Waals surface area (Å²) in [4.78, 5) is 26.6. The SMILES string of the molecule is Cc1cccc(C(=O)NC(C)C(=O)N(C)CCCc2cc(-c3ccccc3)no2)c1. The number of aromatic nitrogens is 1. The highest BCUT2D eigenvalue weighted by molar-refractivity contribution is 5.97. The van der Waals surface area contributed by atoms with Gasteiger partial charge in [0.2, 0.25) is 5.91 Å². The molecule has 156 valence electrons. The summed E-state index contributed by atoms with van der Waals surface area (Å²) in [7, 11) is 1.74. The van der Waals surface area contributed by atoms with Gasteiger partial charge in [0.1, 0.15) is 17.5 Å². The topological polar surface area (TPSA) is 75.4 Å². The predicted octanol–water partition coefficient (Wildman–Crippen LogP) is 3.86. The number of aryl methyl sites for hydroxylation is 2. The van der Waals surface area contributed by atoms with Crippen molar-refractivity contribution in [3.63, 3.8) is 0 Å². The molecule has 3 rings (SSSR count). The molecule has 6 nitrogen and oxygen atoms in total. The Hall–Kier alpha value is -3.41. The Bertz CT molecular complexity index is 998. The molecule has 0 aliphatic heterocycles. The van der Waals surface area contributed by atoms with Gasteiger partial charge in [-0.25, -0.2) is 0 Å². The zero-order valence-corrected chi connectivity index (χ0v) is 17.6. The first-order chi connectivity index (χ1) is 14.4. The minimum absolute atomic E-state index is 0.126. The number of amides is 2. The van der Waals surface area contributed by atoms with Crippen LogP contribution in [0.25, 0.3) is 11.3 Å². The molecule has 30 heavy (non-hydrogen) atoms. The fourth-order valence-corrected chi connectivity index (χ4v) is 3.24. The molecule has 1 atom stereocenters. The molecular weight excluding hydrogens is 378 g/mol. The van der Waals surface area contributed by atoms with Crippen LogP contribution in [0.1, 0.15) is 35.0 Å². The van der Waals surface area contributed by atoms with Gasteiger partial charge in [-0.05, 0) is 32.4 Å². The highest BCUT2D eigenvalue weighted by Gasteiger charge is 2.20. The van der Waals surface area contributed by atoms with E-state index in [1.807, 2.05) is 55.5 Å². The molecule has 1 heterocycles. The van der Waals surface area contributed by atoms with Crippen LogP contribution in [0.3, 0.4) is 0 Å². The first-order valence-corrected chi connectivity index (χ1v) is 10.1. The van der Waals surface area contributed by atoms with Crippen molar-refractivity contribution in [2.45, 2.75) is 32.7 Å². The van der Waals surface area contributed by atoms with Crippen LogP contribution in [0, 0.1) is 6.92 Å².